The van der Waals surface area contributed by atoms with E-state index in [9.17, 15) is 23.3 Å². The first-order chi connectivity index (χ1) is 16.0. The molecular formula is C24H25N3O6S. The maximum absolute atomic E-state index is 13.4. The molecule has 0 saturated heterocycles. The van der Waals surface area contributed by atoms with Crippen LogP contribution >= 0.6 is 0 Å². The third kappa shape index (κ3) is 5.52. The lowest BCUT2D eigenvalue weighted by atomic mass is 10.1. The summed E-state index contributed by atoms with van der Waals surface area (Å²) in [7, 11) is -2.78. The Hall–Kier alpha value is -3.92. The molecule has 9 nitrogen and oxygen atoms in total. The van der Waals surface area contributed by atoms with E-state index in [2.05, 4.69) is 10.6 Å². The zero-order valence-electron chi connectivity index (χ0n) is 19.2. The Labute approximate surface area is 197 Å². The number of nitro groups is 1. The van der Waals surface area contributed by atoms with Crippen molar-refractivity contribution >= 4 is 32.8 Å². The normalized spacial score (nSPS) is 11.1. The predicted molar refractivity (Wildman–Crippen MR) is 129 cm³/mol. The van der Waals surface area contributed by atoms with Gasteiger partial charge in [0, 0.05) is 23.4 Å². The Morgan fingerprint density at radius 3 is 2.29 bits per heavy atom. The monoisotopic (exact) mass is 483 g/mol. The van der Waals surface area contributed by atoms with Crippen LogP contribution in [-0.2, 0) is 14.6 Å². The number of carbonyl (C=O) groups is 1. The Bertz CT molecular complexity index is 1350. The summed E-state index contributed by atoms with van der Waals surface area (Å²) in [4.78, 5) is 22.8. The van der Waals surface area contributed by atoms with E-state index in [0.29, 0.717) is 11.3 Å². The van der Waals surface area contributed by atoms with Crippen LogP contribution in [0.1, 0.15) is 16.7 Å². The summed E-state index contributed by atoms with van der Waals surface area (Å²) >= 11 is 0. The Morgan fingerprint density at radius 1 is 1.00 bits per heavy atom. The first-order valence-corrected chi connectivity index (χ1v) is 11.8. The zero-order chi connectivity index (χ0) is 25.0. The van der Waals surface area contributed by atoms with Gasteiger partial charge in [0.05, 0.1) is 34.1 Å². The first-order valence-electron chi connectivity index (χ1n) is 10.3. The Kier molecular flexibility index (Phi) is 7.21. The van der Waals surface area contributed by atoms with E-state index in [1.165, 1.54) is 38.3 Å². The molecule has 1 amide bonds. The van der Waals surface area contributed by atoms with Gasteiger partial charge < -0.3 is 15.4 Å². The van der Waals surface area contributed by atoms with E-state index in [0.717, 1.165) is 17.2 Å². The molecule has 0 radical (unpaired) electrons. The van der Waals surface area contributed by atoms with Gasteiger partial charge >= 0.3 is 0 Å². The second-order valence-corrected chi connectivity index (χ2v) is 9.77. The third-order valence-corrected chi connectivity index (χ3v) is 6.90. The van der Waals surface area contributed by atoms with Crippen LogP contribution < -0.4 is 15.4 Å². The molecule has 0 aromatic heterocycles. The van der Waals surface area contributed by atoms with Gasteiger partial charge in [0.1, 0.15) is 5.75 Å². The maximum atomic E-state index is 13.4. The Balaban J connectivity index is 1.91. The summed E-state index contributed by atoms with van der Waals surface area (Å²) in [5.41, 5.74) is 2.85. The van der Waals surface area contributed by atoms with Crippen molar-refractivity contribution in [1.29, 1.82) is 0 Å². The van der Waals surface area contributed by atoms with Crippen LogP contribution in [0.4, 0.5) is 17.1 Å². The highest BCUT2D eigenvalue weighted by molar-refractivity contribution is 7.91. The summed E-state index contributed by atoms with van der Waals surface area (Å²) < 4.78 is 32.0. The van der Waals surface area contributed by atoms with Crippen molar-refractivity contribution in [3.63, 3.8) is 0 Å². The summed E-state index contributed by atoms with van der Waals surface area (Å²) in [5.74, 6) is -0.0828. The highest BCUT2D eigenvalue weighted by atomic mass is 32.2. The van der Waals surface area contributed by atoms with E-state index in [1.54, 1.807) is 6.07 Å². The summed E-state index contributed by atoms with van der Waals surface area (Å²) in [6.45, 7) is 5.17. The molecule has 0 heterocycles. The number of sulfone groups is 1. The Morgan fingerprint density at radius 2 is 1.68 bits per heavy atom. The van der Waals surface area contributed by atoms with E-state index in [-0.39, 0.29) is 39.4 Å². The zero-order valence-corrected chi connectivity index (χ0v) is 20.0. The molecule has 0 aliphatic heterocycles. The van der Waals surface area contributed by atoms with Crippen LogP contribution in [0.25, 0.3) is 0 Å². The maximum Gasteiger partial charge on any atom is 0.273 e. The van der Waals surface area contributed by atoms with Gasteiger partial charge in [-0.25, -0.2) is 8.42 Å². The molecule has 2 N–H and O–H groups in total. The third-order valence-electron chi connectivity index (χ3n) is 5.11. The molecule has 178 valence electrons. The van der Waals surface area contributed by atoms with Crippen LogP contribution in [0.2, 0.25) is 0 Å². The molecular weight excluding hydrogens is 458 g/mol. The number of aryl methyl sites for hydroxylation is 3. The second-order valence-electron chi connectivity index (χ2n) is 7.85. The lowest BCUT2D eigenvalue weighted by molar-refractivity contribution is -0.385. The molecule has 0 saturated carbocycles. The molecule has 0 atom stereocenters. The fraction of sp³-hybridized carbons (Fsp3) is 0.208. The van der Waals surface area contributed by atoms with Crippen LogP contribution in [0.3, 0.4) is 0 Å². The first kappa shape index (κ1) is 24.7. The van der Waals surface area contributed by atoms with E-state index < -0.39 is 14.8 Å². The van der Waals surface area contributed by atoms with Crippen molar-refractivity contribution < 1.29 is 22.9 Å². The van der Waals surface area contributed by atoms with Crippen molar-refractivity contribution in [3.8, 4) is 5.75 Å². The molecule has 0 unspecified atom stereocenters. The number of anilines is 2. The molecule has 0 spiro atoms. The number of hydrogen-bond acceptors (Lipinski definition) is 7. The minimum Gasteiger partial charge on any atom is -0.497 e. The summed E-state index contributed by atoms with van der Waals surface area (Å²) in [6.07, 6.45) is 0. The van der Waals surface area contributed by atoms with Crippen LogP contribution in [-0.4, -0.2) is 32.9 Å². The molecule has 34 heavy (non-hydrogen) atoms. The van der Waals surface area contributed by atoms with Crippen molar-refractivity contribution in [1.82, 2.24) is 0 Å². The average molecular weight is 484 g/mol. The second kappa shape index (κ2) is 9.92. The number of ether oxygens (including phenoxy) is 1. The SMILES string of the molecule is COc1ccc(NCC(=O)Nc2cc(C)cc(C)c2)c(S(=O)(=O)c2ccc(C)c([N+](=O)[O-])c2)c1. The molecule has 0 aliphatic rings. The van der Waals surface area contributed by atoms with Gasteiger partial charge in [0.25, 0.3) is 5.69 Å². The molecule has 0 fully saturated rings. The van der Waals surface area contributed by atoms with E-state index in [4.69, 9.17) is 4.74 Å². The number of nitrogens with zero attached hydrogens (tertiary/aromatic N) is 1. The van der Waals surface area contributed by atoms with Gasteiger partial charge in [-0.2, -0.15) is 0 Å². The quantitative estimate of drug-likeness (QED) is 0.359. The molecule has 10 heteroatoms. The highest BCUT2D eigenvalue weighted by Gasteiger charge is 2.25. The topological polar surface area (TPSA) is 128 Å². The number of nitro benzene ring substituents is 1. The van der Waals surface area contributed by atoms with Crippen molar-refractivity contribution in [3.05, 3.63) is 81.4 Å². The molecule has 3 rings (SSSR count). The van der Waals surface area contributed by atoms with E-state index in [1.807, 2.05) is 32.0 Å². The van der Waals surface area contributed by atoms with Gasteiger partial charge in [-0.15, -0.1) is 0 Å². The van der Waals surface area contributed by atoms with Crippen LogP contribution in [0.5, 0.6) is 5.75 Å². The molecule has 3 aromatic rings. The van der Waals surface area contributed by atoms with Crippen LogP contribution in [0.15, 0.2) is 64.4 Å². The number of rotatable bonds is 8. The smallest absolute Gasteiger partial charge is 0.273 e. The van der Waals surface area contributed by atoms with Gasteiger partial charge in [-0.1, -0.05) is 12.1 Å². The fourth-order valence-corrected chi connectivity index (χ4v) is 4.97. The predicted octanol–water partition coefficient (Wildman–Crippen LogP) is 4.41. The average Bonchev–Trinajstić information content (AvgIpc) is 2.76. The largest absolute Gasteiger partial charge is 0.497 e. The van der Waals surface area contributed by atoms with Gasteiger partial charge in [0.2, 0.25) is 15.7 Å². The highest BCUT2D eigenvalue weighted by Crippen LogP contribution is 2.33. The van der Waals surface area contributed by atoms with Crippen molar-refractivity contribution in [2.45, 2.75) is 30.6 Å². The molecule has 3 aromatic carbocycles. The minimum atomic E-state index is -4.17. The molecule has 0 bridgehead atoms. The van der Waals surface area contributed by atoms with E-state index >= 15 is 0 Å². The van der Waals surface area contributed by atoms with Gasteiger partial charge in [0.15, 0.2) is 0 Å². The van der Waals surface area contributed by atoms with Gasteiger partial charge in [-0.3, -0.25) is 14.9 Å². The lowest BCUT2D eigenvalue weighted by Crippen LogP contribution is -2.22. The standard InChI is InChI=1S/C24H25N3O6S/c1-15-9-16(2)11-18(10-15)26-24(28)14-25-21-8-6-19(33-4)12-23(21)34(31,32)20-7-5-17(3)22(13-20)27(29)30/h5-13,25H,14H2,1-4H3,(H,26,28). The summed E-state index contributed by atoms with van der Waals surface area (Å²) in [6, 6.07) is 13.7. The molecule has 0 aliphatic carbocycles. The summed E-state index contributed by atoms with van der Waals surface area (Å²) in [5, 5.41) is 16.9. The number of amides is 1. The van der Waals surface area contributed by atoms with Crippen LogP contribution in [0, 0.1) is 30.9 Å². The lowest BCUT2D eigenvalue weighted by Gasteiger charge is -2.15. The van der Waals surface area contributed by atoms with Gasteiger partial charge in [-0.05, 0) is 62.2 Å². The number of nitrogens with one attached hydrogen (secondary N) is 2. The number of carbonyl (C=O) groups excluding carboxylic acids is 1. The number of benzene rings is 3. The minimum absolute atomic E-state index is 0.163. The fourth-order valence-electron chi connectivity index (χ4n) is 3.51. The van der Waals surface area contributed by atoms with Crippen molar-refractivity contribution in [2.75, 3.05) is 24.3 Å². The number of methoxy groups -OCH3 is 1. The van der Waals surface area contributed by atoms with Crippen molar-refractivity contribution in [2.24, 2.45) is 0 Å². The number of hydrogen-bond donors (Lipinski definition) is 2.